The van der Waals surface area contributed by atoms with Gasteiger partial charge in [0.15, 0.2) is 5.96 Å². The molecule has 0 unspecified atom stereocenters. The number of carbonyl (C=O) groups is 1. The molecular formula is C17H32N4O3. The first kappa shape index (κ1) is 18.8. The number of likely N-dealkylation sites (tertiary alicyclic amines) is 1. The minimum Gasteiger partial charge on any atom is -0.450 e. The highest BCUT2D eigenvalue weighted by Crippen LogP contribution is 2.20. The Morgan fingerprint density at radius 1 is 1.25 bits per heavy atom. The average Bonchev–Trinajstić information content (AvgIpc) is 3.09. The van der Waals surface area contributed by atoms with Crippen molar-refractivity contribution in [2.75, 3.05) is 32.8 Å². The fourth-order valence-corrected chi connectivity index (χ4v) is 3.25. The zero-order valence-corrected chi connectivity index (χ0v) is 14.8. The first-order valence-electron chi connectivity index (χ1n) is 9.28. The molecule has 1 heterocycles. The molecular weight excluding hydrogens is 308 g/mol. The van der Waals surface area contributed by atoms with Crippen LogP contribution in [-0.2, 0) is 9.47 Å². The number of hydrogen-bond acceptors (Lipinski definition) is 4. The molecule has 1 saturated carbocycles. The molecule has 0 aromatic heterocycles. The van der Waals surface area contributed by atoms with E-state index in [1.807, 2.05) is 6.92 Å². The largest absolute Gasteiger partial charge is 0.450 e. The third-order valence-corrected chi connectivity index (χ3v) is 4.61. The molecule has 2 rings (SSSR count). The summed E-state index contributed by atoms with van der Waals surface area (Å²) in [6, 6.07) is 0.272. The molecule has 1 aliphatic carbocycles. The van der Waals surface area contributed by atoms with E-state index in [0.29, 0.717) is 38.3 Å². The van der Waals surface area contributed by atoms with Gasteiger partial charge >= 0.3 is 6.09 Å². The molecule has 0 bridgehead atoms. The smallest absolute Gasteiger partial charge is 0.409 e. The van der Waals surface area contributed by atoms with E-state index in [4.69, 9.17) is 15.2 Å². The lowest BCUT2D eigenvalue weighted by Gasteiger charge is -2.31. The SMILES string of the molecule is CCOC(=O)N1CCC(NC(N)=NCCCOC2CCCC2)CC1. The third-order valence-electron chi connectivity index (χ3n) is 4.61. The molecule has 0 aromatic carbocycles. The van der Waals surface area contributed by atoms with Gasteiger partial charge in [-0.25, -0.2) is 4.79 Å². The summed E-state index contributed by atoms with van der Waals surface area (Å²) < 4.78 is 10.8. The van der Waals surface area contributed by atoms with Gasteiger partial charge in [0.2, 0.25) is 0 Å². The predicted molar refractivity (Wildman–Crippen MR) is 94.1 cm³/mol. The van der Waals surface area contributed by atoms with Gasteiger partial charge < -0.3 is 25.4 Å². The second-order valence-corrected chi connectivity index (χ2v) is 6.50. The molecule has 7 nitrogen and oxygen atoms in total. The zero-order valence-electron chi connectivity index (χ0n) is 14.8. The Morgan fingerprint density at radius 3 is 2.62 bits per heavy atom. The van der Waals surface area contributed by atoms with Crippen LogP contribution in [0.1, 0.15) is 51.9 Å². The number of rotatable bonds is 7. The maximum atomic E-state index is 11.6. The number of hydrogen-bond donors (Lipinski definition) is 2. The van der Waals surface area contributed by atoms with Crippen molar-refractivity contribution in [2.24, 2.45) is 10.7 Å². The molecule has 0 radical (unpaired) electrons. The Morgan fingerprint density at radius 2 is 1.96 bits per heavy atom. The molecule has 1 amide bonds. The molecule has 24 heavy (non-hydrogen) atoms. The summed E-state index contributed by atoms with van der Waals surface area (Å²) >= 11 is 0. The number of amides is 1. The second kappa shape index (κ2) is 10.4. The van der Waals surface area contributed by atoms with E-state index in [2.05, 4.69) is 10.3 Å². The number of carbonyl (C=O) groups excluding carboxylic acids is 1. The van der Waals surface area contributed by atoms with Gasteiger partial charge in [-0.1, -0.05) is 12.8 Å². The number of nitrogens with two attached hydrogens (primary N) is 1. The third kappa shape index (κ3) is 6.55. The van der Waals surface area contributed by atoms with Crippen molar-refractivity contribution in [3.63, 3.8) is 0 Å². The summed E-state index contributed by atoms with van der Waals surface area (Å²) in [4.78, 5) is 17.8. The van der Waals surface area contributed by atoms with Crippen LogP contribution in [0, 0.1) is 0 Å². The Kier molecular flexibility index (Phi) is 8.15. The van der Waals surface area contributed by atoms with Gasteiger partial charge in [-0.05, 0) is 39.0 Å². The summed E-state index contributed by atoms with van der Waals surface area (Å²) in [5, 5.41) is 3.25. The molecule has 0 spiro atoms. The van der Waals surface area contributed by atoms with Gasteiger partial charge in [0.1, 0.15) is 0 Å². The molecule has 2 fully saturated rings. The van der Waals surface area contributed by atoms with Crippen molar-refractivity contribution >= 4 is 12.1 Å². The van der Waals surface area contributed by atoms with Crippen LogP contribution in [0.5, 0.6) is 0 Å². The van der Waals surface area contributed by atoms with Gasteiger partial charge in [0.25, 0.3) is 0 Å². The van der Waals surface area contributed by atoms with Gasteiger partial charge in [-0.3, -0.25) is 4.99 Å². The van der Waals surface area contributed by atoms with E-state index in [9.17, 15) is 4.79 Å². The van der Waals surface area contributed by atoms with Gasteiger partial charge in [0, 0.05) is 32.3 Å². The molecule has 7 heteroatoms. The summed E-state index contributed by atoms with van der Waals surface area (Å²) in [5.74, 6) is 0.491. The monoisotopic (exact) mass is 340 g/mol. The predicted octanol–water partition coefficient (Wildman–Crippen LogP) is 1.86. The maximum absolute atomic E-state index is 11.6. The fraction of sp³-hybridized carbons (Fsp3) is 0.882. The Labute approximate surface area is 145 Å². The topological polar surface area (TPSA) is 89.2 Å². The van der Waals surface area contributed by atoms with E-state index in [1.54, 1.807) is 4.90 Å². The van der Waals surface area contributed by atoms with E-state index < -0.39 is 0 Å². The van der Waals surface area contributed by atoms with Crippen LogP contribution in [0.25, 0.3) is 0 Å². The number of ether oxygens (including phenoxy) is 2. The van der Waals surface area contributed by atoms with Crippen LogP contribution < -0.4 is 11.1 Å². The van der Waals surface area contributed by atoms with E-state index in [1.165, 1.54) is 25.7 Å². The summed E-state index contributed by atoms with van der Waals surface area (Å²) in [7, 11) is 0. The lowest BCUT2D eigenvalue weighted by molar-refractivity contribution is 0.0579. The number of nitrogens with one attached hydrogen (secondary N) is 1. The Balaban J connectivity index is 1.55. The van der Waals surface area contributed by atoms with Crippen LogP contribution in [0.4, 0.5) is 4.79 Å². The van der Waals surface area contributed by atoms with Crippen molar-refractivity contribution < 1.29 is 14.3 Å². The minimum atomic E-state index is -0.222. The van der Waals surface area contributed by atoms with Gasteiger partial charge in [-0.15, -0.1) is 0 Å². The average molecular weight is 340 g/mol. The summed E-state index contributed by atoms with van der Waals surface area (Å²) in [5.41, 5.74) is 5.94. The van der Waals surface area contributed by atoms with Gasteiger partial charge in [-0.2, -0.15) is 0 Å². The zero-order chi connectivity index (χ0) is 17.2. The molecule has 3 N–H and O–H groups in total. The molecule has 0 atom stereocenters. The van der Waals surface area contributed by atoms with E-state index >= 15 is 0 Å². The van der Waals surface area contributed by atoms with E-state index in [0.717, 1.165) is 25.9 Å². The molecule has 1 saturated heterocycles. The highest BCUT2D eigenvalue weighted by molar-refractivity contribution is 5.78. The van der Waals surface area contributed by atoms with Crippen molar-refractivity contribution in [1.82, 2.24) is 10.2 Å². The first-order chi connectivity index (χ1) is 11.7. The lowest BCUT2D eigenvalue weighted by atomic mass is 10.1. The van der Waals surface area contributed by atoms with Crippen molar-refractivity contribution in [2.45, 2.75) is 64.0 Å². The van der Waals surface area contributed by atoms with Gasteiger partial charge in [0.05, 0.1) is 12.7 Å². The second-order valence-electron chi connectivity index (χ2n) is 6.50. The van der Waals surface area contributed by atoms with Crippen molar-refractivity contribution in [1.29, 1.82) is 0 Å². The standard InChI is InChI=1S/C17H32N4O3/c1-2-23-17(22)21-11-8-14(9-12-21)20-16(18)19-10-5-13-24-15-6-3-4-7-15/h14-15H,2-13H2,1H3,(H3,18,19,20). The number of guanidine groups is 1. The normalized spacial score (nSPS) is 20.4. The highest BCUT2D eigenvalue weighted by Gasteiger charge is 2.23. The molecule has 0 aromatic rings. The van der Waals surface area contributed by atoms with Crippen LogP contribution in [0.15, 0.2) is 4.99 Å². The number of piperidine rings is 1. The Hall–Kier alpha value is -1.50. The van der Waals surface area contributed by atoms with Crippen LogP contribution >= 0.6 is 0 Å². The van der Waals surface area contributed by atoms with E-state index in [-0.39, 0.29) is 12.1 Å². The van der Waals surface area contributed by atoms with Crippen LogP contribution in [0.3, 0.4) is 0 Å². The van der Waals surface area contributed by atoms with Crippen LogP contribution in [0.2, 0.25) is 0 Å². The maximum Gasteiger partial charge on any atom is 0.409 e. The highest BCUT2D eigenvalue weighted by atomic mass is 16.6. The molecule has 138 valence electrons. The summed E-state index contributed by atoms with van der Waals surface area (Å²) in [6.07, 6.45) is 7.88. The summed E-state index contributed by atoms with van der Waals surface area (Å²) in [6.45, 7) is 5.08. The Bertz CT molecular complexity index is 403. The van der Waals surface area contributed by atoms with Crippen LogP contribution in [-0.4, -0.2) is 61.9 Å². The van der Waals surface area contributed by atoms with Crippen molar-refractivity contribution in [3.05, 3.63) is 0 Å². The molecule has 2 aliphatic rings. The first-order valence-corrected chi connectivity index (χ1v) is 9.28. The fourth-order valence-electron chi connectivity index (χ4n) is 3.25. The molecule has 1 aliphatic heterocycles. The number of aliphatic imine (C=N–C) groups is 1. The number of nitrogens with zero attached hydrogens (tertiary/aromatic N) is 2. The lowest BCUT2D eigenvalue weighted by Crippen LogP contribution is -2.48. The minimum absolute atomic E-state index is 0.222. The van der Waals surface area contributed by atoms with Crippen molar-refractivity contribution in [3.8, 4) is 0 Å². The quantitative estimate of drug-likeness (QED) is 0.419.